The van der Waals surface area contributed by atoms with Crippen molar-refractivity contribution >= 4 is 38.8 Å². The van der Waals surface area contributed by atoms with Crippen LogP contribution >= 0.6 is 11.3 Å². The summed E-state index contributed by atoms with van der Waals surface area (Å²) < 4.78 is 26.3. The van der Waals surface area contributed by atoms with Crippen LogP contribution in [0.5, 0.6) is 0 Å². The number of piperazine rings is 1. The number of carbonyl (C=O) groups is 1. The van der Waals surface area contributed by atoms with Crippen LogP contribution in [0.3, 0.4) is 0 Å². The van der Waals surface area contributed by atoms with Gasteiger partial charge in [-0.05, 0) is 55.5 Å². The number of aromatic nitrogens is 1. The molecule has 9 heteroatoms. The van der Waals surface area contributed by atoms with Gasteiger partial charge < -0.3 is 20.9 Å². The minimum atomic E-state index is -2.64. The standard InChI is InChI=1S/C25H29F2N5OS/c1-14-11-19(23(26)27)31-25-20(14)21(28-2)22(34-25)24(33)29-10-9-15-3-7-18(8-4-15)32-12-16-5-6-17(13-32)30-16/h3-4,7-8,11,16-17,23,28,30H,5-6,9-10,12-13H2,1-2H3,(H,29,33)/t16-,17?/m0/s1. The second-order valence-corrected chi connectivity index (χ2v) is 10.1. The van der Waals surface area contributed by atoms with E-state index in [1.54, 1.807) is 14.0 Å². The van der Waals surface area contributed by atoms with Gasteiger partial charge in [-0.25, -0.2) is 13.8 Å². The quantitative estimate of drug-likeness (QED) is 0.460. The number of aryl methyl sites for hydroxylation is 1. The molecule has 0 radical (unpaired) electrons. The number of alkyl halides is 2. The van der Waals surface area contributed by atoms with E-state index in [4.69, 9.17) is 0 Å². The fourth-order valence-electron chi connectivity index (χ4n) is 5.10. The molecular weight excluding hydrogens is 456 g/mol. The van der Waals surface area contributed by atoms with E-state index in [2.05, 4.69) is 50.1 Å². The number of hydrogen-bond donors (Lipinski definition) is 3. The Kier molecular flexibility index (Phi) is 6.40. The molecule has 1 unspecified atom stereocenters. The fourth-order valence-corrected chi connectivity index (χ4v) is 6.28. The number of rotatable bonds is 7. The summed E-state index contributed by atoms with van der Waals surface area (Å²) in [7, 11) is 1.73. The van der Waals surface area contributed by atoms with Crippen molar-refractivity contribution in [3.05, 3.63) is 52.0 Å². The number of halogens is 2. The average Bonchev–Trinajstić information content (AvgIpc) is 3.38. The van der Waals surface area contributed by atoms with Gasteiger partial charge in [-0.1, -0.05) is 12.1 Å². The Hall–Kier alpha value is -2.78. The third kappa shape index (κ3) is 4.46. The number of hydrogen-bond acceptors (Lipinski definition) is 6. The normalized spacial score (nSPS) is 19.7. The predicted octanol–water partition coefficient (Wildman–Crippen LogP) is 4.50. The predicted molar refractivity (Wildman–Crippen MR) is 133 cm³/mol. The van der Waals surface area contributed by atoms with Crippen LogP contribution in [0.4, 0.5) is 20.2 Å². The van der Waals surface area contributed by atoms with Gasteiger partial charge in [0, 0.05) is 49.8 Å². The highest BCUT2D eigenvalue weighted by Crippen LogP contribution is 2.38. The number of fused-ring (bicyclic) bond motifs is 3. The van der Waals surface area contributed by atoms with Crippen LogP contribution in [-0.4, -0.2) is 49.7 Å². The summed E-state index contributed by atoms with van der Waals surface area (Å²) in [6, 6.07) is 11.2. The van der Waals surface area contributed by atoms with Crippen molar-refractivity contribution in [1.82, 2.24) is 15.6 Å². The highest BCUT2D eigenvalue weighted by molar-refractivity contribution is 7.21. The van der Waals surface area contributed by atoms with E-state index in [0.717, 1.165) is 35.4 Å². The molecule has 1 amide bonds. The number of anilines is 2. The molecule has 0 spiro atoms. The van der Waals surface area contributed by atoms with E-state index in [0.29, 0.717) is 46.0 Å². The summed E-state index contributed by atoms with van der Waals surface area (Å²) in [6.07, 6.45) is 0.591. The second kappa shape index (κ2) is 9.46. The third-order valence-electron chi connectivity index (χ3n) is 6.78. The van der Waals surface area contributed by atoms with Gasteiger partial charge >= 0.3 is 0 Å². The van der Waals surface area contributed by atoms with Gasteiger partial charge in [-0.15, -0.1) is 11.3 Å². The fraction of sp³-hybridized carbons (Fsp3) is 0.440. The van der Waals surface area contributed by atoms with Crippen LogP contribution < -0.4 is 20.9 Å². The Labute approximate surface area is 201 Å². The molecule has 1 aromatic carbocycles. The van der Waals surface area contributed by atoms with Crippen molar-refractivity contribution in [3.8, 4) is 0 Å². The first-order valence-electron chi connectivity index (χ1n) is 11.7. The topological polar surface area (TPSA) is 69.3 Å². The molecule has 0 saturated carbocycles. The number of carbonyl (C=O) groups excluding carboxylic acids is 1. The third-order valence-corrected chi connectivity index (χ3v) is 7.86. The average molecular weight is 486 g/mol. The molecule has 6 nitrogen and oxygen atoms in total. The Morgan fingerprint density at radius 1 is 1.24 bits per heavy atom. The number of thiophene rings is 1. The minimum absolute atomic E-state index is 0.224. The first-order chi connectivity index (χ1) is 16.4. The summed E-state index contributed by atoms with van der Waals surface area (Å²) >= 11 is 1.14. The molecule has 3 aromatic rings. The van der Waals surface area contributed by atoms with Crippen LogP contribution in [-0.2, 0) is 6.42 Å². The second-order valence-electron chi connectivity index (χ2n) is 9.12. The molecule has 3 N–H and O–H groups in total. The van der Waals surface area contributed by atoms with Crippen molar-refractivity contribution in [2.45, 2.75) is 44.7 Å². The Morgan fingerprint density at radius 2 is 1.94 bits per heavy atom. The number of nitrogens with zero attached hydrogens (tertiary/aromatic N) is 2. The Bertz CT molecular complexity index is 1180. The molecular formula is C25H29F2N5OS. The largest absolute Gasteiger partial charge is 0.386 e. The molecule has 2 bridgehead atoms. The van der Waals surface area contributed by atoms with Crippen molar-refractivity contribution in [3.63, 3.8) is 0 Å². The lowest BCUT2D eigenvalue weighted by Crippen LogP contribution is -2.51. The lowest BCUT2D eigenvalue weighted by atomic mass is 10.1. The summed E-state index contributed by atoms with van der Waals surface area (Å²) in [4.78, 5) is 20.4. The molecule has 0 aliphatic carbocycles. The molecule has 2 atom stereocenters. The van der Waals surface area contributed by atoms with E-state index >= 15 is 0 Å². The molecule has 2 fully saturated rings. The molecule has 4 heterocycles. The van der Waals surface area contributed by atoms with Gasteiger partial charge in [0.15, 0.2) is 0 Å². The van der Waals surface area contributed by atoms with Gasteiger partial charge in [-0.2, -0.15) is 0 Å². The van der Waals surface area contributed by atoms with E-state index in [1.807, 2.05) is 0 Å². The van der Waals surface area contributed by atoms with Crippen LogP contribution in [0.1, 0.15) is 45.8 Å². The van der Waals surface area contributed by atoms with E-state index in [9.17, 15) is 13.6 Å². The molecule has 180 valence electrons. The van der Waals surface area contributed by atoms with Crippen molar-refractivity contribution in [2.75, 3.05) is 36.9 Å². The highest BCUT2D eigenvalue weighted by atomic mass is 32.1. The molecule has 2 aliphatic rings. The number of amides is 1. The highest BCUT2D eigenvalue weighted by Gasteiger charge is 2.32. The Balaban J connectivity index is 1.23. The zero-order chi connectivity index (χ0) is 23.8. The summed E-state index contributed by atoms with van der Waals surface area (Å²) in [5.74, 6) is -0.224. The number of pyridine rings is 1. The van der Waals surface area contributed by atoms with Crippen LogP contribution in [0.15, 0.2) is 30.3 Å². The van der Waals surface area contributed by atoms with Crippen molar-refractivity contribution in [2.24, 2.45) is 0 Å². The summed E-state index contributed by atoms with van der Waals surface area (Å²) in [5.41, 5.74) is 3.46. The molecule has 2 aliphatic heterocycles. The SMILES string of the molecule is CNc1c(C(=O)NCCc2ccc(N3CC4CC[C@@H](C3)N4)cc2)sc2nc(C(F)F)cc(C)c12. The van der Waals surface area contributed by atoms with Gasteiger partial charge in [-0.3, -0.25) is 4.79 Å². The maximum atomic E-state index is 13.2. The first kappa shape index (κ1) is 23.0. The number of nitrogens with one attached hydrogen (secondary N) is 3. The first-order valence-corrected chi connectivity index (χ1v) is 12.5. The smallest absolute Gasteiger partial charge is 0.280 e. The summed E-state index contributed by atoms with van der Waals surface area (Å²) in [6.45, 7) is 4.37. The lowest BCUT2D eigenvalue weighted by Gasteiger charge is -2.34. The molecule has 2 saturated heterocycles. The maximum Gasteiger partial charge on any atom is 0.280 e. The van der Waals surface area contributed by atoms with Gasteiger partial charge in [0.25, 0.3) is 12.3 Å². The Morgan fingerprint density at radius 3 is 2.59 bits per heavy atom. The number of benzene rings is 1. The van der Waals surface area contributed by atoms with E-state index < -0.39 is 6.43 Å². The monoisotopic (exact) mass is 485 g/mol. The van der Waals surface area contributed by atoms with Gasteiger partial charge in [0.05, 0.1) is 5.69 Å². The van der Waals surface area contributed by atoms with Crippen LogP contribution in [0, 0.1) is 6.92 Å². The summed E-state index contributed by atoms with van der Waals surface area (Å²) in [5, 5.41) is 10.4. The minimum Gasteiger partial charge on any atom is -0.386 e. The maximum absolute atomic E-state index is 13.2. The molecule has 5 rings (SSSR count). The lowest BCUT2D eigenvalue weighted by molar-refractivity contribution is 0.0959. The van der Waals surface area contributed by atoms with Crippen molar-refractivity contribution in [1.29, 1.82) is 0 Å². The van der Waals surface area contributed by atoms with Crippen LogP contribution in [0.2, 0.25) is 0 Å². The van der Waals surface area contributed by atoms with Gasteiger partial charge in [0.2, 0.25) is 0 Å². The zero-order valence-corrected chi connectivity index (χ0v) is 20.1. The van der Waals surface area contributed by atoms with E-state index in [1.165, 1.54) is 24.6 Å². The van der Waals surface area contributed by atoms with Crippen LogP contribution in [0.25, 0.3) is 10.2 Å². The molecule has 2 aromatic heterocycles. The van der Waals surface area contributed by atoms with E-state index in [-0.39, 0.29) is 11.6 Å². The molecule has 34 heavy (non-hydrogen) atoms. The van der Waals surface area contributed by atoms with Gasteiger partial charge in [0.1, 0.15) is 15.4 Å². The zero-order valence-electron chi connectivity index (χ0n) is 19.3. The van der Waals surface area contributed by atoms with Crippen molar-refractivity contribution < 1.29 is 13.6 Å².